The maximum absolute atomic E-state index is 15.1. The van der Waals surface area contributed by atoms with E-state index in [2.05, 4.69) is 9.68 Å². The summed E-state index contributed by atoms with van der Waals surface area (Å²) in [4.78, 5) is 14.2. The Bertz CT molecular complexity index is 1190. The van der Waals surface area contributed by atoms with Gasteiger partial charge in [0.15, 0.2) is 0 Å². The number of carbonyl (C=O) groups excluding carboxylic acids is 1. The molecule has 0 unspecified atom stereocenters. The molecule has 1 aromatic heterocycles. The number of hydrogen-bond donors (Lipinski definition) is 0. The van der Waals surface area contributed by atoms with Crippen LogP contribution in [0.1, 0.15) is 45.8 Å². The molecular formula is C27H32F4N2O4. The third-order valence-corrected chi connectivity index (χ3v) is 6.03. The fourth-order valence-corrected chi connectivity index (χ4v) is 4.28. The first-order valence-corrected chi connectivity index (χ1v) is 12.0. The molecule has 0 bridgehead atoms. The summed E-state index contributed by atoms with van der Waals surface area (Å²) in [7, 11) is 1.38. The Labute approximate surface area is 214 Å². The Kier molecular flexibility index (Phi) is 9.31. The minimum Gasteiger partial charge on any atom is -0.495 e. The Hall–Kier alpha value is -3.40. The first-order valence-electron chi connectivity index (χ1n) is 12.0. The summed E-state index contributed by atoms with van der Waals surface area (Å²) >= 11 is 0. The third kappa shape index (κ3) is 6.68. The average Bonchev–Trinajstić information content (AvgIpc) is 3.35. The first kappa shape index (κ1) is 28.2. The molecule has 3 aromatic rings. The lowest BCUT2D eigenvalue weighted by Crippen LogP contribution is -2.54. The number of anilines is 1. The van der Waals surface area contributed by atoms with Crippen molar-refractivity contribution in [3.63, 3.8) is 0 Å². The van der Waals surface area contributed by atoms with E-state index in [1.54, 1.807) is 12.3 Å². The van der Waals surface area contributed by atoms with Gasteiger partial charge in [0.1, 0.15) is 24.4 Å². The number of methoxy groups -OCH3 is 1. The number of hydrogen-bond acceptors (Lipinski definition) is 5. The molecule has 37 heavy (non-hydrogen) atoms. The zero-order valence-corrected chi connectivity index (χ0v) is 21.1. The van der Waals surface area contributed by atoms with Crippen LogP contribution in [0.3, 0.4) is 0 Å². The van der Waals surface area contributed by atoms with Crippen LogP contribution in [0.4, 0.5) is 23.2 Å². The first-order chi connectivity index (χ1) is 17.6. The zero-order chi connectivity index (χ0) is 27.2. The fourth-order valence-electron chi connectivity index (χ4n) is 4.28. The number of rotatable bonds is 6. The topological polar surface area (TPSA) is 64.8 Å². The van der Waals surface area contributed by atoms with Crippen molar-refractivity contribution in [2.24, 2.45) is 0 Å². The van der Waals surface area contributed by atoms with Gasteiger partial charge in [-0.15, -0.1) is 0 Å². The molecule has 1 fully saturated rings. The van der Waals surface area contributed by atoms with Crippen molar-refractivity contribution in [2.75, 3.05) is 18.6 Å². The number of aryl methyl sites for hydroxylation is 1. The third-order valence-electron chi connectivity index (χ3n) is 6.03. The molecule has 0 aliphatic carbocycles. The highest BCUT2D eigenvalue weighted by Crippen LogP contribution is 2.40. The van der Waals surface area contributed by atoms with Gasteiger partial charge in [0.2, 0.25) is 0 Å². The highest BCUT2D eigenvalue weighted by Gasteiger charge is 2.38. The van der Waals surface area contributed by atoms with Gasteiger partial charge in [-0.05, 0) is 43.5 Å². The van der Waals surface area contributed by atoms with E-state index in [-0.39, 0.29) is 48.7 Å². The summed E-state index contributed by atoms with van der Waals surface area (Å²) in [5.74, 6) is -0.842. The van der Waals surface area contributed by atoms with Crippen LogP contribution in [-0.2, 0) is 15.7 Å². The van der Waals surface area contributed by atoms with Crippen molar-refractivity contribution in [2.45, 2.75) is 58.4 Å². The predicted molar refractivity (Wildman–Crippen MR) is 133 cm³/mol. The van der Waals surface area contributed by atoms with Gasteiger partial charge in [0.05, 0.1) is 36.2 Å². The molecule has 0 spiro atoms. The van der Waals surface area contributed by atoms with Crippen molar-refractivity contribution in [3.05, 3.63) is 65.8 Å². The van der Waals surface area contributed by atoms with Crippen molar-refractivity contribution in [1.82, 2.24) is 5.16 Å². The number of morpholine rings is 1. The molecule has 1 aliphatic rings. The summed E-state index contributed by atoms with van der Waals surface area (Å²) < 4.78 is 70.0. The molecule has 0 radical (unpaired) electrons. The van der Waals surface area contributed by atoms with Crippen molar-refractivity contribution in [1.29, 1.82) is 0 Å². The summed E-state index contributed by atoms with van der Waals surface area (Å²) in [5.41, 5.74) is 0.342. The lowest BCUT2D eigenvalue weighted by molar-refractivity contribution is -0.137. The second kappa shape index (κ2) is 12.2. The number of aromatic nitrogens is 1. The molecule has 1 amide bonds. The van der Waals surface area contributed by atoms with Crippen molar-refractivity contribution in [3.8, 4) is 16.9 Å². The Balaban J connectivity index is 0.000000637. The number of alkyl halides is 3. The molecule has 202 valence electrons. The highest BCUT2D eigenvalue weighted by atomic mass is 19.4. The number of carbonyl (C=O) groups is 1. The van der Waals surface area contributed by atoms with E-state index >= 15 is 4.39 Å². The lowest BCUT2D eigenvalue weighted by atomic mass is 9.97. The van der Waals surface area contributed by atoms with Crippen LogP contribution in [0.15, 0.2) is 53.3 Å². The minimum atomic E-state index is -4.54. The SMILES string of the molecule is CCC[C@@H]1[C@@H](CC)OCC(=O)N1c1cc(F)c(-c2cccc(C(F)(F)F)c2)cc1OC.Cc1ccon1.[HH]. The standard InChI is InChI=1S/C23H25F4NO3.C4H5NO.H2/c1-4-7-18-20(5-2)31-13-22(29)28(18)19-12-17(24)16(11-21(19)30-3)14-8-6-9-15(10-14)23(25,26)27;1-4-2-3-6-5-4;/h6,8-12,18,20H,4-5,7,13H2,1-3H3;2-3H,1H3;1H/t18-,20-;;/m1../s1. The summed E-state index contributed by atoms with van der Waals surface area (Å²) in [6.45, 7) is 5.69. The van der Waals surface area contributed by atoms with Crippen molar-refractivity contribution >= 4 is 11.6 Å². The maximum atomic E-state index is 15.1. The second-order valence-corrected chi connectivity index (χ2v) is 8.60. The van der Waals surface area contributed by atoms with E-state index in [9.17, 15) is 18.0 Å². The van der Waals surface area contributed by atoms with Gasteiger partial charge in [-0.1, -0.05) is 37.6 Å². The van der Waals surface area contributed by atoms with Gasteiger partial charge in [-0.3, -0.25) is 4.79 Å². The monoisotopic (exact) mass is 524 g/mol. The summed E-state index contributed by atoms with van der Waals surface area (Å²) in [6, 6.07) is 8.47. The van der Waals surface area contributed by atoms with E-state index in [4.69, 9.17) is 9.47 Å². The smallest absolute Gasteiger partial charge is 0.416 e. The second-order valence-electron chi connectivity index (χ2n) is 8.60. The Morgan fingerprint density at radius 2 is 1.95 bits per heavy atom. The average molecular weight is 525 g/mol. The summed E-state index contributed by atoms with van der Waals surface area (Å²) in [6.07, 6.45) is -1.06. The van der Waals surface area contributed by atoms with Crippen LogP contribution in [0.2, 0.25) is 0 Å². The molecule has 2 atom stereocenters. The van der Waals surface area contributed by atoms with Gasteiger partial charge in [0.25, 0.3) is 5.91 Å². The van der Waals surface area contributed by atoms with Crippen LogP contribution >= 0.6 is 0 Å². The quantitative estimate of drug-likeness (QED) is 0.323. The Morgan fingerprint density at radius 3 is 2.49 bits per heavy atom. The molecule has 0 saturated carbocycles. The zero-order valence-electron chi connectivity index (χ0n) is 21.1. The molecule has 0 N–H and O–H groups in total. The van der Waals surface area contributed by atoms with E-state index in [0.29, 0.717) is 12.8 Å². The molecule has 10 heteroatoms. The van der Waals surface area contributed by atoms with Gasteiger partial charge in [-0.25, -0.2) is 4.39 Å². The molecule has 1 saturated heterocycles. The largest absolute Gasteiger partial charge is 0.495 e. The van der Waals surface area contributed by atoms with E-state index in [1.165, 1.54) is 30.2 Å². The van der Waals surface area contributed by atoms with Gasteiger partial charge in [0, 0.05) is 19.1 Å². The summed E-state index contributed by atoms with van der Waals surface area (Å²) in [5, 5.41) is 3.54. The molecule has 1 aliphatic heterocycles. The van der Waals surface area contributed by atoms with Crippen LogP contribution in [0.25, 0.3) is 11.1 Å². The highest BCUT2D eigenvalue weighted by molar-refractivity contribution is 5.97. The van der Waals surface area contributed by atoms with Crippen molar-refractivity contribution < 1.29 is 37.8 Å². The van der Waals surface area contributed by atoms with Crippen LogP contribution < -0.4 is 9.64 Å². The molecule has 2 aromatic carbocycles. The predicted octanol–water partition coefficient (Wildman–Crippen LogP) is 7.06. The number of benzene rings is 2. The minimum absolute atomic E-state index is 0. The number of nitrogens with zero attached hydrogens (tertiary/aromatic N) is 2. The van der Waals surface area contributed by atoms with Crippen LogP contribution in [0, 0.1) is 12.7 Å². The van der Waals surface area contributed by atoms with Gasteiger partial charge in [-0.2, -0.15) is 13.2 Å². The number of ether oxygens (including phenoxy) is 2. The van der Waals surface area contributed by atoms with Crippen LogP contribution in [-0.4, -0.2) is 36.9 Å². The van der Waals surface area contributed by atoms with E-state index in [1.807, 2.05) is 20.8 Å². The van der Waals surface area contributed by atoms with Gasteiger partial charge >= 0.3 is 6.18 Å². The molecule has 6 nitrogen and oxygen atoms in total. The van der Waals surface area contributed by atoms with E-state index < -0.39 is 17.6 Å². The number of amides is 1. The van der Waals surface area contributed by atoms with Crippen LogP contribution in [0.5, 0.6) is 5.75 Å². The molecular weight excluding hydrogens is 492 g/mol. The maximum Gasteiger partial charge on any atom is 0.416 e. The normalized spacial score (nSPS) is 17.8. The van der Waals surface area contributed by atoms with Gasteiger partial charge < -0.3 is 18.9 Å². The van der Waals surface area contributed by atoms with E-state index in [0.717, 1.165) is 30.3 Å². The fraction of sp³-hybridized carbons (Fsp3) is 0.407. The Morgan fingerprint density at radius 1 is 1.19 bits per heavy atom. The lowest BCUT2D eigenvalue weighted by Gasteiger charge is -2.41. The molecule has 4 rings (SSSR count). The molecule has 2 heterocycles. The number of halogens is 4.